The lowest BCUT2D eigenvalue weighted by molar-refractivity contribution is -0.137. The molecule has 0 aromatic heterocycles. The molecule has 0 bridgehead atoms. The largest absolute Gasteiger partial charge is 0.496 e. The van der Waals surface area contributed by atoms with Crippen molar-refractivity contribution in [3.05, 3.63) is 34.7 Å². The molecule has 3 amide bonds. The molecule has 1 aromatic carbocycles. The van der Waals surface area contributed by atoms with Gasteiger partial charge >= 0.3 is 0 Å². The molecule has 0 unspecified atom stereocenters. The minimum atomic E-state index is -0.437. The Bertz CT molecular complexity index is 757. The number of amides is 3. The highest BCUT2D eigenvalue weighted by atomic mass is 32.2. The van der Waals surface area contributed by atoms with Gasteiger partial charge in [-0.1, -0.05) is 18.2 Å². The van der Waals surface area contributed by atoms with Gasteiger partial charge in [0.05, 0.1) is 12.0 Å². The quantitative estimate of drug-likeness (QED) is 0.743. The molecule has 2 aliphatic rings. The van der Waals surface area contributed by atoms with E-state index in [1.165, 1.54) is 0 Å². The number of carbonyl (C=O) groups excluding carboxylic acids is 3. The number of hydrogen-bond acceptors (Lipinski definition) is 6. The SMILES string of the molecule is COc1ccccc1/C=C1\SC(=O)N(CC(=O)N2CCN(C)CC2)C1=O. The summed E-state index contributed by atoms with van der Waals surface area (Å²) in [6.45, 7) is 2.60. The second kappa shape index (κ2) is 7.92. The molecule has 2 heterocycles. The first kappa shape index (κ1) is 18.5. The van der Waals surface area contributed by atoms with Gasteiger partial charge in [0, 0.05) is 31.7 Å². The van der Waals surface area contributed by atoms with E-state index >= 15 is 0 Å². The highest BCUT2D eigenvalue weighted by molar-refractivity contribution is 8.18. The van der Waals surface area contributed by atoms with Gasteiger partial charge in [-0.25, -0.2) is 0 Å². The predicted octanol–water partition coefficient (Wildman–Crippen LogP) is 1.51. The van der Waals surface area contributed by atoms with Crippen LogP contribution in [0.2, 0.25) is 0 Å². The van der Waals surface area contributed by atoms with E-state index in [4.69, 9.17) is 4.74 Å². The summed E-state index contributed by atoms with van der Waals surface area (Å²) in [7, 11) is 3.55. The number of methoxy groups -OCH3 is 1. The monoisotopic (exact) mass is 375 g/mol. The van der Waals surface area contributed by atoms with Crippen LogP contribution in [0.3, 0.4) is 0 Å². The van der Waals surface area contributed by atoms with Crippen LogP contribution in [0.1, 0.15) is 5.56 Å². The van der Waals surface area contributed by atoms with Crippen LogP contribution in [-0.2, 0) is 9.59 Å². The minimum absolute atomic E-state index is 0.195. The van der Waals surface area contributed by atoms with Crippen LogP contribution < -0.4 is 4.74 Å². The van der Waals surface area contributed by atoms with Gasteiger partial charge in [0.25, 0.3) is 11.1 Å². The molecule has 2 saturated heterocycles. The Morgan fingerprint density at radius 3 is 2.58 bits per heavy atom. The highest BCUT2D eigenvalue weighted by Gasteiger charge is 2.37. The first-order valence-corrected chi connectivity index (χ1v) is 9.16. The van der Waals surface area contributed by atoms with E-state index in [0.717, 1.165) is 29.8 Å². The summed E-state index contributed by atoms with van der Waals surface area (Å²) in [5.41, 5.74) is 0.714. The number of para-hydroxylation sites is 1. The minimum Gasteiger partial charge on any atom is -0.496 e. The predicted molar refractivity (Wildman–Crippen MR) is 99.7 cm³/mol. The van der Waals surface area contributed by atoms with Gasteiger partial charge in [-0.3, -0.25) is 19.3 Å². The van der Waals surface area contributed by atoms with Crippen molar-refractivity contribution in [1.82, 2.24) is 14.7 Å². The second-order valence-corrected chi connectivity index (χ2v) is 7.19. The smallest absolute Gasteiger partial charge is 0.294 e. The number of piperazine rings is 1. The number of hydrogen-bond donors (Lipinski definition) is 0. The maximum Gasteiger partial charge on any atom is 0.294 e. The second-order valence-electron chi connectivity index (χ2n) is 6.19. The van der Waals surface area contributed by atoms with Crippen LogP contribution in [0.15, 0.2) is 29.2 Å². The highest BCUT2D eigenvalue weighted by Crippen LogP contribution is 2.33. The third-order valence-corrected chi connectivity index (χ3v) is 5.36. The van der Waals surface area contributed by atoms with Crippen molar-refractivity contribution in [1.29, 1.82) is 0 Å². The summed E-state index contributed by atoms with van der Waals surface area (Å²) in [5.74, 6) is -0.0138. The molecule has 1 aromatic rings. The molecule has 2 aliphatic heterocycles. The molecular weight excluding hydrogens is 354 g/mol. The Morgan fingerprint density at radius 1 is 1.19 bits per heavy atom. The standard InChI is InChI=1S/C18H21N3O4S/c1-19-7-9-20(10-8-19)16(22)12-21-17(23)15(26-18(21)24)11-13-5-3-4-6-14(13)25-2/h3-6,11H,7-10,12H2,1-2H3/b15-11-. The Labute approximate surface area is 156 Å². The van der Waals surface area contributed by atoms with Gasteiger partial charge in [0.2, 0.25) is 5.91 Å². The van der Waals surface area contributed by atoms with Crippen molar-refractivity contribution in [2.45, 2.75) is 0 Å². The maximum absolute atomic E-state index is 12.6. The summed E-state index contributed by atoms with van der Waals surface area (Å²) in [5, 5.41) is -0.418. The van der Waals surface area contributed by atoms with Crippen LogP contribution >= 0.6 is 11.8 Å². The Hall–Kier alpha value is -2.32. The zero-order valence-electron chi connectivity index (χ0n) is 14.8. The van der Waals surface area contributed by atoms with E-state index in [9.17, 15) is 14.4 Å². The number of imide groups is 1. The van der Waals surface area contributed by atoms with Crippen molar-refractivity contribution < 1.29 is 19.1 Å². The van der Waals surface area contributed by atoms with Crippen molar-refractivity contribution >= 4 is 34.9 Å². The molecular formula is C18H21N3O4S. The number of ether oxygens (including phenoxy) is 1. The molecule has 0 atom stereocenters. The van der Waals surface area contributed by atoms with Gasteiger partial charge in [-0.15, -0.1) is 0 Å². The van der Waals surface area contributed by atoms with E-state index < -0.39 is 11.1 Å². The summed E-state index contributed by atoms with van der Waals surface area (Å²) in [4.78, 5) is 42.4. The molecule has 0 spiro atoms. The molecule has 0 saturated carbocycles. The Kier molecular flexibility index (Phi) is 5.63. The normalized spacial score (nSPS) is 20.2. The first-order valence-electron chi connectivity index (χ1n) is 8.34. The van der Waals surface area contributed by atoms with Crippen LogP contribution in [0.4, 0.5) is 4.79 Å². The summed E-state index contributed by atoms with van der Waals surface area (Å²) in [6, 6.07) is 7.25. The number of thioether (sulfide) groups is 1. The van der Waals surface area contributed by atoms with Crippen molar-refractivity contribution in [3.63, 3.8) is 0 Å². The van der Waals surface area contributed by atoms with Crippen LogP contribution in [0.5, 0.6) is 5.75 Å². The van der Waals surface area contributed by atoms with Gasteiger partial charge in [0.1, 0.15) is 12.3 Å². The lowest BCUT2D eigenvalue weighted by atomic mass is 10.2. The van der Waals surface area contributed by atoms with Gasteiger partial charge < -0.3 is 14.5 Å². The van der Waals surface area contributed by atoms with Crippen LogP contribution in [-0.4, -0.2) is 78.6 Å². The van der Waals surface area contributed by atoms with E-state index in [0.29, 0.717) is 29.3 Å². The zero-order valence-corrected chi connectivity index (χ0v) is 15.6. The summed E-state index contributed by atoms with van der Waals surface area (Å²) >= 11 is 0.849. The number of nitrogens with zero attached hydrogens (tertiary/aromatic N) is 3. The molecule has 0 N–H and O–H groups in total. The molecule has 2 fully saturated rings. The first-order chi connectivity index (χ1) is 12.5. The summed E-state index contributed by atoms with van der Waals surface area (Å²) in [6.07, 6.45) is 1.63. The van der Waals surface area contributed by atoms with E-state index in [1.807, 2.05) is 25.2 Å². The van der Waals surface area contributed by atoms with E-state index in [1.54, 1.807) is 24.2 Å². The summed E-state index contributed by atoms with van der Waals surface area (Å²) < 4.78 is 5.27. The topological polar surface area (TPSA) is 70.2 Å². The number of likely N-dealkylation sites (N-methyl/N-ethyl adjacent to an activating group) is 1. The molecule has 3 rings (SSSR count). The van der Waals surface area contributed by atoms with Crippen molar-refractivity contribution in [2.24, 2.45) is 0 Å². The Balaban J connectivity index is 1.71. The number of carbonyl (C=O) groups is 3. The number of rotatable bonds is 4. The fourth-order valence-corrected chi connectivity index (χ4v) is 3.68. The average Bonchev–Trinajstić information content (AvgIpc) is 2.90. The van der Waals surface area contributed by atoms with Crippen molar-refractivity contribution in [2.75, 3.05) is 46.9 Å². The van der Waals surface area contributed by atoms with Crippen LogP contribution in [0, 0.1) is 0 Å². The van der Waals surface area contributed by atoms with Gasteiger partial charge in [0.15, 0.2) is 0 Å². The van der Waals surface area contributed by atoms with Crippen molar-refractivity contribution in [3.8, 4) is 5.75 Å². The number of benzene rings is 1. The van der Waals surface area contributed by atoms with E-state index in [-0.39, 0.29) is 12.5 Å². The lowest BCUT2D eigenvalue weighted by Gasteiger charge is -2.33. The Morgan fingerprint density at radius 2 is 1.88 bits per heavy atom. The average molecular weight is 375 g/mol. The third-order valence-electron chi connectivity index (χ3n) is 4.45. The van der Waals surface area contributed by atoms with Gasteiger partial charge in [-0.2, -0.15) is 0 Å². The molecule has 8 heteroatoms. The van der Waals surface area contributed by atoms with E-state index in [2.05, 4.69) is 4.90 Å². The molecule has 0 radical (unpaired) electrons. The third kappa shape index (κ3) is 3.91. The molecule has 0 aliphatic carbocycles. The van der Waals surface area contributed by atoms with Gasteiger partial charge in [-0.05, 0) is 31.0 Å². The molecule has 7 nitrogen and oxygen atoms in total. The van der Waals surface area contributed by atoms with Crippen LogP contribution in [0.25, 0.3) is 6.08 Å². The molecule has 26 heavy (non-hydrogen) atoms. The zero-order chi connectivity index (χ0) is 18.7. The fourth-order valence-electron chi connectivity index (χ4n) is 2.85. The molecule has 138 valence electrons. The lowest BCUT2D eigenvalue weighted by Crippen LogP contribution is -2.50. The fraction of sp³-hybridized carbons (Fsp3) is 0.389. The maximum atomic E-state index is 12.6.